The number of hydrogen-bond acceptors (Lipinski definition) is 5. The second-order valence-corrected chi connectivity index (χ2v) is 5.24. The average molecular weight is 252 g/mol. The third-order valence-corrected chi connectivity index (χ3v) is 4.00. The summed E-state index contributed by atoms with van der Waals surface area (Å²) >= 11 is 1.66. The Morgan fingerprint density at radius 2 is 2.00 bits per heavy atom. The van der Waals surface area contributed by atoms with Crippen LogP contribution in [0, 0.1) is 20.8 Å². The van der Waals surface area contributed by atoms with Crippen LogP contribution >= 0.6 is 11.3 Å². The molecule has 2 aromatic heterocycles. The molecule has 0 saturated carbocycles. The lowest BCUT2D eigenvalue weighted by atomic mass is 10.1. The fourth-order valence-electron chi connectivity index (χ4n) is 1.80. The van der Waals surface area contributed by atoms with Crippen molar-refractivity contribution in [3.63, 3.8) is 0 Å². The summed E-state index contributed by atoms with van der Waals surface area (Å²) in [5, 5.41) is 13.9. The van der Waals surface area contributed by atoms with Crippen LogP contribution in [-0.4, -0.2) is 21.9 Å². The van der Waals surface area contributed by atoms with E-state index in [-0.39, 0.29) is 6.61 Å². The molecule has 0 fully saturated rings. The van der Waals surface area contributed by atoms with Gasteiger partial charge >= 0.3 is 0 Å². The van der Waals surface area contributed by atoms with Crippen LogP contribution < -0.4 is 0 Å². The van der Waals surface area contributed by atoms with Crippen LogP contribution in [0.3, 0.4) is 0 Å². The Morgan fingerprint density at radius 3 is 2.59 bits per heavy atom. The average Bonchev–Trinajstić information content (AvgIpc) is 2.78. The van der Waals surface area contributed by atoms with E-state index in [9.17, 15) is 0 Å². The molecule has 0 amide bonds. The number of thiazole rings is 1. The zero-order valence-corrected chi connectivity index (χ0v) is 11.1. The molecular weight excluding hydrogens is 236 g/mol. The van der Waals surface area contributed by atoms with Gasteiger partial charge in [-0.15, -0.1) is 11.3 Å². The molecule has 4 nitrogen and oxygen atoms in total. The molecule has 0 saturated heterocycles. The molecule has 5 heteroatoms. The first kappa shape index (κ1) is 12.3. The molecule has 92 valence electrons. The summed E-state index contributed by atoms with van der Waals surface area (Å²) < 4.78 is 5.14. The number of rotatable bonds is 4. The summed E-state index contributed by atoms with van der Waals surface area (Å²) in [6.45, 7) is 6.03. The minimum atomic E-state index is 0.174. The maximum absolute atomic E-state index is 8.95. The predicted octanol–water partition coefficient (Wildman–Crippen LogP) is 2.18. The van der Waals surface area contributed by atoms with E-state index in [0.717, 1.165) is 39.0 Å². The highest BCUT2D eigenvalue weighted by atomic mass is 32.1. The van der Waals surface area contributed by atoms with Gasteiger partial charge in [0.05, 0.1) is 16.4 Å². The third-order valence-electron chi connectivity index (χ3n) is 2.79. The van der Waals surface area contributed by atoms with Crippen molar-refractivity contribution >= 4 is 11.3 Å². The fraction of sp³-hybridized carbons (Fsp3) is 0.500. The molecule has 0 spiro atoms. The molecule has 0 aromatic carbocycles. The highest BCUT2D eigenvalue weighted by Crippen LogP contribution is 2.23. The first-order chi connectivity index (χ1) is 8.11. The standard InChI is InChI=1S/C12H16N2O2S/c1-7-10(9(3)16-14-7)6-12-13-8(2)11(17-12)4-5-15/h15H,4-6H2,1-3H3. The second-order valence-electron chi connectivity index (χ2n) is 4.07. The number of aryl methyl sites for hydroxylation is 3. The summed E-state index contributed by atoms with van der Waals surface area (Å²) in [6, 6.07) is 0. The Balaban J connectivity index is 2.22. The third kappa shape index (κ3) is 2.56. The van der Waals surface area contributed by atoms with Crippen LogP contribution in [0.25, 0.3) is 0 Å². The molecular formula is C12H16N2O2S. The van der Waals surface area contributed by atoms with Gasteiger partial charge in [0.1, 0.15) is 5.76 Å². The van der Waals surface area contributed by atoms with E-state index in [0.29, 0.717) is 6.42 Å². The zero-order chi connectivity index (χ0) is 12.4. The summed E-state index contributed by atoms with van der Waals surface area (Å²) in [5.74, 6) is 0.860. The minimum Gasteiger partial charge on any atom is -0.396 e. The number of aromatic nitrogens is 2. The molecule has 0 radical (unpaired) electrons. The minimum absolute atomic E-state index is 0.174. The van der Waals surface area contributed by atoms with Gasteiger partial charge in [0.15, 0.2) is 0 Å². The topological polar surface area (TPSA) is 59.2 Å². The van der Waals surface area contributed by atoms with E-state index >= 15 is 0 Å². The van der Waals surface area contributed by atoms with E-state index in [4.69, 9.17) is 9.63 Å². The van der Waals surface area contributed by atoms with Crippen molar-refractivity contribution in [1.82, 2.24) is 10.1 Å². The van der Waals surface area contributed by atoms with E-state index in [1.807, 2.05) is 20.8 Å². The van der Waals surface area contributed by atoms with Crippen LogP contribution in [0.5, 0.6) is 0 Å². The Hall–Kier alpha value is -1.20. The molecule has 2 rings (SSSR count). The van der Waals surface area contributed by atoms with E-state index in [2.05, 4.69) is 10.1 Å². The predicted molar refractivity (Wildman–Crippen MR) is 66.4 cm³/mol. The van der Waals surface area contributed by atoms with Crippen molar-refractivity contribution in [2.45, 2.75) is 33.6 Å². The van der Waals surface area contributed by atoms with E-state index < -0.39 is 0 Å². The molecule has 0 unspecified atom stereocenters. The normalized spacial score (nSPS) is 11.1. The van der Waals surface area contributed by atoms with Gasteiger partial charge in [-0.25, -0.2) is 4.98 Å². The zero-order valence-electron chi connectivity index (χ0n) is 10.3. The SMILES string of the molecule is Cc1nc(Cc2c(C)noc2C)sc1CCO. The van der Waals surface area contributed by atoms with Crippen LogP contribution in [0.1, 0.15) is 32.6 Å². The summed E-state index contributed by atoms with van der Waals surface area (Å²) in [6.07, 6.45) is 1.45. The van der Waals surface area contributed by atoms with Gasteiger partial charge in [-0.2, -0.15) is 0 Å². The Bertz CT molecular complexity index is 497. The van der Waals surface area contributed by atoms with Gasteiger partial charge < -0.3 is 9.63 Å². The van der Waals surface area contributed by atoms with Crippen LogP contribution in [-0.2, 0) is 12.8 Å². The Labute approximate surface area is 104 Å². The van der Waals surface area contributed by atoms with Crippen molar-refractivity contribution in [2.24, 2.45) is 0 Å². The van der Waals surface area contributed by atoms with Crippen molar-refractivity contribution in [2.75, 3.05) is 6.61 Å². The molecule has 2 heterocycles. The first-order valence-electron chi connectivity index (χ1n) is 5.59. The van der Waals surface area contributed by atoms with Gasteiger partial charge in [-0.1, -0.05) is 5.16 Å². The monoisotopic (exact) mass is 252 g/mol. The molecule has 0 bridgehead atoms. The smallest absolute Gasteiger partial charge is 0.137 e. The van der Waals surface area contributed by atoms with Crippen LogP contribution in [0.15, 0.2) is 4.52 Å². The van der Waals surface area contributed by atoms with Gasteiger partial charge in [-0.05, 0) is 20.8 Å². The Kier molecular flexibility index (Phi) is 3.59. The number of hydrogen-bond donors (Lipinski definition) is 1. The summed E-state index contributed by atoms with van der Waals surface area (Å²) in [4.78, 5) is 5.69. The van der Waals surface area contributed by atoms with Gasteiger partial charge in [0, 0.05) is 29.9 Å². The highest BCUT2D eigenvalue weighted by molar-refractivity contribution is 7.11. The van der Waals surface area contributed by atoms with Crippen molar-refractivity contribution < 1.29 is 9.63 Å². The molecule has 0 aliphatic heterocycles. The molecule has 2 aromatic rings. The summed E-state index contributed by atoms with van der Waals surface area (Å²) in [5.41, 5.74) is 3.07. The van der Waals surface area contributed by atoms with Gasteiger partial charge in [0.2, 0.25) is 0 Å². The molecule has 0 aliphatic rings. The molecule has 0 aliphatic carbocycles. The Morgan fingerprint density at radius 1 is 1.24 bits per heavy atom. The van der Waals surface area contributed by atoms with E-state index in [1.54, 1.807) is 11.3 Å². The largest absolute Gasteiger partial charge is 0.396 e. The lowest BCUT2D eigenvalue weighted by Crippen LogP contribution is -1.90. The lowest BCUT2D eigenvalue weighted by molar-refractivity contribution is 0.300. The van der Waals surface area contributed by atoms with Gasteiger partial charge in [-0.3, -0.25) is 0 Å². The maximum atomic E-state index is 8.95. The quantitative estimate of drug-likeness (QED) is 0.906. The first-order valence-corrected chi connectivity index (χ1v) is 6.41. The number of aliphatic hydroxyl groups excluding tert-OH is 1. The molecule has 0 atom stereocenters. The van der Waals surface area contributed by atoms with Crippen molar-refractivity contribution in [3.8, 4) is 0 Å². The van der Waals surface area contributed by atoms with Crippen LogP contribution in [0.4, 0.5) is 0 Å². The fourth-order valence-corrected chi connectivity index (χ4v) is 2.87. The van der Waals surface area contributed by atoms with E-state index in [1.165, 1.54) is 0 Å². The lowest BCUT2D eigenvalue weighted by Gasteiger charge is -1.95. The molecule has 1 N–H and O–H groups in total. The van der Waals surface area contributed by atoms with Crippen molar-refractivity contribution in [3.05, 3.63) is 32.6 Å². The number of nitrogens with zero attached hydrogens (tertiary/aromatic N) is 2. The number of aliphatic hydroxyl groups is 1. The maximum Gasteiger partial charge on any atom is 0.137 e. The highest BCUT2D eigenvalue weighted by Gasteiger charge is 2.13. The van der Waals surface area contributed by atoms with Gasteiger partial charge in [0.25, 0.3) is 0 Å². The molecule has 17 heavy (non-hydrogen) atoms. The van der Waals surface area contributed by atoms with Crippen LogP contribution in [0.2, 0.25) is 0 Å². The summed E-state index contributed by atoms with van der Waals surface area (Å²) in [7, 11) is 0. The second kappa shape index (κ2) is 4.98. The van der Waals surface area contributed by atoms with Crippen molar-refractivity contribution in [1.29, 1.82) is 0 Å².